The molecule has 6 heteroatoms. The number of nitrogens with one attached hydrogen (secondary N) is 1. The van der Waals surface area contributed by atoms with Crippen molar-refractivity contribution in [1.82, 2.24) is 0 Å². The van der Waals surface area contributed by atoms with Crippen molar-refractivity contribution >= 4 is 38.3 Å². The Hall–Kier alpha value is -1.12. The van der Waals surface area contributed by atoms with E-state index in [1.807, 2.05) is 18.2 Å². The Morgan fingerprint density at radius 2 is 1.85 bits per heavy atom. The topological polar surface area (TPSA) is 72.2 Å². The average molecular weight is 402 g/mol. The molecule has 2 rings (SSSR count). The SMILES string of the molecule is Cc1c(CN)cccc1S(=O)(=O)Nc1ccccc1I. The molecule has 106 valence electrons. The molecule has 0 saturated heterocycles. The van der Waals surface area contributed by atoms with Crippen LogP contribution in [0.1, 0.15) is 11.1 Å². The lowest BCUT2D eigenvalue weighted by molar-refractivity contribution is 0.600. The van der Waals surface area contributed by atoms with Crippen LogP contribution in [0.2, 0.25) is 0 Å². The van der Waals surface area contributed by atoms with Gasteiger partial charge in [0.2, 0.25) is 0 Å². The van der Waals surface area contributed by atoms with Gasteiger partial charge in [0.25, 0.3) is 10.0 Å². The Kier molecular flexibility index (Phi) is 4.66. The summed E-state index contributed by atoms with van der Waals surface area (Å²) >= 11 is 2.10. The maximum absolute atomic E-state index is 12.5. The molecule has 0 atom stereocenters. The van der Waals surface area contributed by atoms with Crippen molar-refractivity contribution in [2.45, 2.75) is 18.4 Å². The zero-order valence-corrected chi connectivity index (χ0v) is 13.9. The molecule has 0 amide bonds. The van der Waals surface area contributed by atoms with Gasteiger partial charge in [0.1, 0.15) is 0 Å². The summed E-state index contributed by atoms with van der Waals surface area (Å²) < 4.78 is 28.4. The van der Waals surface area contributed by atoms with Crippen LogP contribution in [0.5, 0.6) is 0 Å². The molecule has 20 heavy (non-hydrogen) atoms. The van der Waals surface area contributed by atoms with Gasteiger partial charge in [-0.2, -0.15) is 0 Å². The molecule has 0 fully saturated rings. The molecule has 0 aliphatic carbocycles. The number of hydrogen-bond donors (Lipinski definition) is 2. The predicted molar refractivity (Wildman–Crippen MR) is 89.0 cm³/mol. The van der Waals surface area contributed by atoms with Gasteiger partial charge in [0.05, 0.1) is 10.6 Å². The van der Waals surface area contributed by atoms with E-state index in [-0.39, 0.29) is 4.90 Å². The predicted octanol–water partition coefficient (Wildman–Crippen LogP) is 2.86. The van der Waals surface area contributed by atoms with Gasteiger partial charge in [0, 0.05) is 10.1 Å². The highest BCUT2D eigenvalue weighted by Crippen LogP contribution is 2.24. The van der Waals surface area contributed by atoms with E-state index in [4.69, 9.17) is 5.73 Å². The number of halogens is 1. The maximum Gasteiger partial charge on any atom is 0.262 e. The first kappa shape index (κ1) is 15.3. The van der Waals surface area contributed by atoms with Gasteiger partial charge < -0.3 is 5.73 Å². The smallest absolute Gasteiger partial charge is 0.262 e. The number of benzene rings is 2. The number of nitrogens with two attached hydrogens (primary N) is 1. The first-order valence-corrected chi connectivity index (χ1v) is 8.58. The van der Waals surface area contributed by atoms with Gasteiger partial charge in [-0.1, -0.05) is 24.3 Å². The van der Waals surface area contributed by atoms with Crippen LogP contribution < -0.4 is 10.5 Å². The Morgan fingerprint density at radius 3 is 2.50 bits per heavy atom. The van der Waals surface area contributed by atoms with Crippen LogP contribution in [0, 0.1) is 10.5 Å². The third-order valence-electron chi connectivity index (χ3n) is 3.02. The van der Waals surface area contributed by atoms with Crippen molar-refractivity contribution in [2.75, 3.05) is 4.72 Å². The second-order valence-electron chi connectivity index (χ2n) is 4.33. The molecule has 0 unspecified atom stereocenters. The second kappa shape index (κ2) is 6.11. The van der Waals surface area contributed by atoms with Crippen molar-refractivity contribution in [3.8, 4) is 0 Å². The summed E-state index contributed by atoms with van der Waals surface area (Å²) in [5.74, 6) is 0. The zero-order valence-electron chi connectivity index (χ0n) is 10.9. The molecule has 0 aliphatic heterocycles. The molecule has 0 radical (unpaired) electrons. The largest absolute Gasteiger partial charge is 0.326 e. The molecule has 0 saturated carbocycles. The summed E-state index contributed by atoms with van der Waals surface area (Å²) in [4.78, 5) is 0.264. The lowest BCUT2D eigenvalue weighted by Gasteiger charge is -2.13. The van der Waals surface area contributed by atoms with Gasteiger partial charge in [-0.25, -0.2) is 8.42 Å². The Labute approximate surface area is 132 Å². The van der Waals surface area contributed by atoms with E-state index in [1.54, 1.807) is 31.2 Å². The lowest BCUT2D eigenvalue weighted by Crippen LogP contribution is -2.16. The molecule has 0 heterocycles. The van der Waals surface area contributed by atoms with Crippen molar-refractivity contribution < 1.29 is 8.42 Å². The Bertz CT molecular complexity index is 730. The maximum atomic E-state index is 12.5. The van der Waals surface area contributed by atoms with Crippen molar-refractivity contribution in [3.05, 3.63) is 57.2 Å². The fraction of sp³-hybridized carbons (Fsp3) is 0.143. The summed E-state index contributed by atoms with van der Waals surface area (Å²) in [5.41, 5.74) is 7.72. The number of para-hydroxylation sites is 1. The van der Waals surface area contributed by atoms with Crippen LogP contribution in [0.4, 0.5) is 5.69 Å². The normalized spacial score (nSPS) is 11.3. The highest BCUT2D eigenvalue weighted by molar-refractivity contribution is 14.1. The Morgan fingerprint density at radius 1 is 1.15 bits per heavy atom. The number of sulfonamides is 1. The van der Waals surface area contributed by atoms with E-state index in [1.165, 1.54) is 0 Å². The van der Waals surface area contributed by atoms with Crippen LogP contribution in [0.25, 0.3) is 0 Å². The van der Waals surface area contributed by atoms with Crippen LogP contribution in [-0.2, 0) is 16.6 Å². The van der Waals surface area contributed by atoms with E-state index < -0.39 is 10.0 Å². The second-order valence-corrected chi connectivity index (χ2v) is 7.14. The summed E-state index contributed by atoms with van der Waals surface area (Å²) in [5, 5.41) is 0. The number of rotatable bonds is 4. The fourth-order valence-corrected chi connectivity index (χ4v) is 3.99. The summed E-state index contributed by atoms with van der Waals surface area (Å²) in [7, 11) is -3.61. The molecule has 0 aromatic heterocycles. The van der Waals surface area contributed by atoms with Crippen molar-refractivity contribution in [1.29, 1.82) is 0 Å². The quantitative estimate of drug-likeness (QED) is 0.773. The standard InChI is InChI=1S/C14H15IN2O2S/c1-10-11(9-16)5-4-8-14(10)20(18,19)17-13-7-3-2-6-12(13)15/h2-8,17H,9,16H2,1H3. The number of anilines is 1. The molecular formula is C14H15IN2O2S. The minimum atomic E-state index is -3.61. The van der Waals surface area contributed by atoms with Gasteiger partial charge in [0.15, 0.2) is 0 Å². The first-order valence-electron chi connectivity index (χ1n) is 6.01. The van der Waals surface area contributed by atoms with Gasteiger partial charge >= 0.3 is 0 Å². The highest BCUT2D eigenvalue weighted by atomic mass is 127. The molecule has 2 aromatic rings. The third kappa shape index (κ3) is 3.13. The van der Waals surface area contributed by atoms with Crippen LogP contribution >= 0.6 is 22.6 Å². The van der Waals surface area contributed by atoms with Gasteiger partial charge in [-0.05, 0) is 58.8 Å². The van der Waals surface area contributed by atoms with Crippen molar-refractivity contribution in [3.63, 3.8) is 0 Å². The summed E-state index contributed by atoms with van der Waals surface area (Å²) in [6, 6.07) is 12.4. The molecule has 4 nitrogen and oxygen atoms in total. The average Bonchev–Trinajstić information content (AvgIpc) is 2.41. The first-order chi connectivity index (χ1) is 9.45. The van der Waals surface area contributed by atoms with E-state index in [9.17, 15) is 8.42 Å². The minimum absolute atomic E-state index is 0.264. The summed E-state index contributed by atoms with van der Waals surface area (Å²) in [6.45, 7) is 2.09. The molecule has 0 bridgehead atoms. The highest BCUT2D eigenvalue weighted by Gasteiger charge is 2.19. The molecule has 0 spiro atoms. The van der Waals surface area contributed by atoms with E-state index >= 15 is 0 Å². The Balaban J connectivity index is 2.44. The molecule has 2 aromatic carbocycles. The van der Waals surface area contributed by atoms with E-state index in [0.29, 0.717) is 17.8 Å². The third-order valence-corrected chi connectivity index (χ3v) is 5.47. The molecular weight excluding hydrogens is 387 g/mol. The van der Waals surface area contributed by atoms with Crippen LogP contribution in [-0.4, -0.2) is 8.42 Å². The molecule has 0 aliphatic rings. The number of hydrogen-bond acceptors (Lipinski definition) is 3. The molecule has 3 N–H and O–H groups in total. The van der Waals surface area contributed by atoms with Gasteiger partial charge in [-0.15, -0.1) is 0 Å². The monoisotopic (exact) mass is 402 g/mol. The van der Waals surface area contributed by atoms with Crippen molar-refractivity contribution in [2.24, 2.45) is 5.73 Å². The van der Waals surface area contributed by atoms with Gasteiger partial charge in [-0.3, -0.25) is 4.72 Å². The minimum Gasteiger partial charge on any atom is -0.326 e. The fourth-order valence-electron chi connectivity index (χ4n) is 1.92. The van der Waals surface area contributed by atoms with Crippen LogP contribution in [0.3, 0.4) is 0 Å². The lowest BCUT2D eigenvalue weighted by atomic mass is 10.1. The zero-order chi connectivity index (χ0) is 14.8. The summed E-state index contributed by atoms with van der Waals surface area (Å²) in [6.07, 6.45) is 0. The van der Waals surface area contributed by atoms with E-state index in [2.05, 4.69) is 27.3 Å². The van der Waals surface area contributed by atoms with E-state index in [0.717, 1.165) is 9.13 Å². The van der Waals surface area contributed by atoms with Crippen LogP contribution in [0.15, 0.2) is 47.4 Å².